The average molecular weight is 291 g/mol. The maximum absolute atomic E-state index is 12.2. The van der Waals surface area contributed by atoms with Gasteiger partial charge in [-0.1, -0.05) is 0 Å². The zero-order valence-corrected chi connectivity index (χ0v) is 12.5. The Bertz CT molecular complexity index is 522. The van der Waals surface area contributed by atoms with Crippen LogP contribution in [0.15, 0.2) is 4.90 Å². The molecule has 0 fully saturated rings. The van der Waals surface area contributed by atoms with Gasteiger partial charge < -0.3 is 9.84 Å². The molecule has 0 aliphatic heterocycles. The fourth-order valence-electron chi connectivity index (χ4n) is 1.72. The van der Waals surface area contributed by atoms with Crippen molar-refractivity contribution >= 4 is 10.0 Å². The van der Waals surface area contributed by atoms with E-state index in [4.69, 9.17) is 9.84 Å². The largest absolute Gasteiger partial charge is 0.390 e. The Morgan fingerprint density at radius 2 is 2.11 bits per heavy atom. The number of aliphatic hydroxyl groups excluding tert-OH is 1. The molecule has 0 aliphatic carbocycles. The number of rotatable bonds is 7. The first-order valence-electron chi connectivity index (χ1n) is 6.02. The van der Waals surface area contributed by atoms with Crippen molar-refractivity contribution in [3.8, 4) is 0 Å². The van der Waals surface area contributed by atoms with Gasteiger partial charge in [-0.3, -0.25) is 5.10 Å². The third-order valence-corrected chi connectivity index (χ3v) is 4.21. The number of hydrogen-bond donors (Lipinski definition) is 3. The van der Waals surface area contributed by atoms with Crippen molar-refractivity contribution < 1.29 is 18.3 Å². The molecule has 110 valence electrons. The van der Waals surface area contributed by atoms with Crippen LogP contribution >= 0.6 is 0 Å². The van der Waals surface area contributed by atoms with Crippen molar-refractivity contribution in [3.63, 3.8) is 0 Å². The second kappa shape index (κ2) is 6.00. The van der Waals surface area contributed by atoms with E-state index in [2.05, 4.69) is 14.9 Å². The number of H-pyrrole nitrogens is 1. The predicted octanol–water partition coefficient (Wildman–Crippen LogP) is 0.304. The van der Waals surface area contributed by atoms with E-state index in [1.54, 1.807) is 20.8 Å². The molecule has 0 radical (unpaired) electrons. The van der Waals surface area contributed by atoms with Gasteiger partial charge in [0.2, 0.25) is 10.0 Å². The molecule has 1 aromatic rings. The molecule has 3 N–H and O–H groups in total. The van der Waals surface area contributed by atoms with E-state index in [0.717, 1.165) is 0 Å². The summed E-state index contributed by atoms with van der Waals surface area (Å²) < 4.78 is 32.3. The number of nitrogens with one attached hydrogen (secondary N) is 2. The van der Waals surface area contributed by atoms with Crippen LogP contribution in [0.1, 0.15) is 32.2 Å². The predicted molar refractivity (Wildman–Crippen MR) is 70.1 cm³/mol. The number of aryl methyl sites for hydroxylation is 1. The van der Waals surface area contributed by atoms with Crippen LogP contribution in [0, 0.1) is 6.92 Å². The number of sulfonamides is 1. The van der Waals surface area contributed by atoms with Crippen LogP contribution < -0.4 is 4.72 Å². The van der Waals surface area contributed by atoms with Crippen LogP contribution in [-0.4, -0.2) is 42.5 Å². The fraction of sp³-hybridized carbons (Fsp3) is 0.727. The summed E-state index contributed by atoms with van der Waals surface area (Å²) >= 11 is 0. The summed E-state index contributed by atoms with van der Waals surface area (Å²) in [5, 5.41) is 15.4. The highest BCUT2D eigenvalue weighted by Gasteiger charge is 2.27. The van der Waals surface area contributed by atoms with E-state index in [0.29, 0.717) is 12.3 Å². The lowest BCUT2D eigenvalue weighted by molar-refractivity contribution is -0.00515. The molecule has 0 unspecified atom stereocenters. The normalized spacial score (nSPS) is 12.9. The summed E-state index contributed by atoms with van der Waals surface area (Å²) in [7, 11) is -3.73. The van der Waals surface area contributed by atoms with Gasteiger partial charge in [-0.25, -0.2) is 13.1 Å². The lowest BCUT2D eigenvalue weighted by atomic mass is 10.1. The lowest BCUT2D eigenvalue weighted by Crippen LogP contribution is -2.40. The molecule has 0 bridgehead atoms. The Balaban J connectivity index is 2.90. The molecule has 8 heteroatoms. The first-order valence-corrected chi connectivity index (χ1v) is 7.50. The number of nitrogens with zero attached hydrogens (tertiary/aromatic N) is 1. The van der Waals surface area contributed by atoms with E-state index in [1.165, 1.54) is 0 Å². The fourth-order valence-corrected chi connectivity index (χ4v) is 3.27. The summed E-state index contributed by atoms with van der Waals surface area (Å²) in [5.41, 5.74) is -0.0938. The van der Waals surface area contributed by atoms with E-state index in [9.17, 15) is 8.42 Å². The molecule has 0 saturated carbocycles. The van der Waals surface area contributed by atoms with Crippen molar-refractivity contribution in [3.05, 3.63) is 11.4 Å². The number of aliphatic hydroxyl groups is 1. The second-order valence-corrected chi connectivity index (χ2v) is 6.50. The Morgan fingerprint density at radius 3 is 2.63 bits per heavy atom. The van der Waals surface area contributed by atoms with Gasteiger partial charge in [0.1, 0.15) is 10.6 Å². The lowest BCUT2D eigenvalue weighted by Gasteiger charge is -2.24. The molecule has 0 atom stereocenters. The van der Waals surface area contributed by atoms with Crippen LogP contribution in [0.2, 0.25) is 0 Å². The smallest absolute Gasteiger partial charge is 0.244 e. The summed E-state index contributed by atoms with van der Waals surface area (Å²) in [5.74, 6) is 0. The Labute approximate surface area is 113 Å². The summed E-state index contributed by atoms with van der Waals surface area (Å²) in [4.78, 5) is 0.00213. The molecule has 0 amide bonds. The van der Waals surface area contributed by atoms with Gasteiger partial charge in [-0.15, -0.1) is 0 Å². The standard InChI is InChI=1S/C11H21N3O4S/c1-5-18-11(3,4)7-12-19(16,17)10-8(2)13-14-9(10)6-15/h12,15H,5-7H2,1-4H3,(H,13,14). The zero-order valence-electron chi connectivity index (χ0n) is 11.6. The molecule has 1 heterocycles. The van der Waals surface area contributed by atoms with Crippen LogP contribution in [0.25, 0.3) is 0 Å². The minimum absolute atomic E-state index is 0.00213. The van der Waals surface area contributed by atoms with E-state index >= 15 is 0 Å². The van der Waals surface area contributed by atoms with Crippen LogP contribution in [-0.2, 0) is 21.4 Å². The maximum Gasteiger partial charge on any atom is 0.244 e. The third-order valence-electron chi connectivity index (χ3n) is 2.60. The molecule has 1 aromatic heterocycles. The molecule has 0 aromatic carbocycles. The minimum Gasteiger partial charge on any atom is -0.390 e. The summed E-state index contributed by atoms with van der Waals surface area (Å²) in [6.07, 6.45) is 0. The summed E-state index contributed by atoms with van der Waals surface area (Å²) in [6, 6.07) is 0. The van der Waals surface area contributed by atoms with Crippen molar-refractivity contribution in [2.45, 2.75) is 44.8 Å². The maximum atomic E-state index is 12.2. The van der Waals surface area contributed by atoms with Gasteiger partial charge in [0.05, 0.1) is 17.9 Å². The highest BCUT2D eigenvalue weighted by molar-refractivity contribution is 7.89. The molecule has 19 heavy (non-hydrogen) atoms. The van der Waals surface area contributed by atoms with Crippen molar-refractivity contribution in [2.75, 3.05) is 13.2 Å². The van der Waals surface area contributed by atoms with Gasteiger partial charge in [-0.2, -0.15) is 5.10 Å². The first kappa shape index (κ1) is 16.1. The topological polar surface area (TPSA) is 104 Å². The minimum atomic E-state index is -3.73. The summed E-state index contributed by atoms with van der Waals surface area (Å²) in [6.45, 7) is 7.24. The quantitative estimate of drug-likeness (QED) is 0.670. The van der Waals surface area contributed by atoms with Crippen LogP contribution in [0.3, 0.4) is 0 Å². The molecule has 7 nitrogen and oxygen atoms in total. The van der Waals surface area contributed by atoms with Crippen LogP contribution in [0.4, 0.5) is 0 Å². The van der Waals surface area contributed by atoms with Gasteiger partial charge in [0.15, 0.2) is 0 Å². The Kier molecular flexibility index (Phi) is 5.08. The monoisotopic (exact) mass is 291 g/mol. The molecular formula is C11H21N3O4S. The average Bonchev–Trinajstić information content (AvgIpc) is 2.69. The number of ether oxygens (including phenoxy) is 1. The zero-order chi connectivity index (χ0) is 14.7. The molecular weight excluding hydrogens is 270 g/mol. The molecule has 1 rings (SSSR count). The van der Waals surface area contributed by atoms with Gasteiger partial charge >= 0.3 is 0 Å². The third kappa shape index (κ3) is 4.00. The van der Waals surface area contributed by atoms with Crippen molar-refractivity contribution in [2.24, 2.45) is 0 Å². The number of hydrogen-bond acceptors (Lipinski definition) is 5. The van der Waals surface area contributed by atoms with Crippen LogP contribution in [0.5, 0.6) is 0 Å². The SMILES string of the molecule is CCOC(C)(C)CNS(=O)(=O)c1c(CO)n[nH]c1C. The molecule has 0 spiro atoms. The van der Waals surface area contributed by atoms with E-state index in [-0.39, 0.29) is 17.1 Å². The molecule has 0 saturated heterocycles. The van der Waals surface area contributed by atoms with Gasteiger partial charge in [-0.05, 0) is 27.7 Å². The number of aromatic nitrogens is 2. The van der Waals surface area contributed by atoms with Gasteiger partial charge in [0.25, 0.3) is 0 Å². The Morgan fingerprint density at radius 1 is 1.47 bits per heavy atom. The second-order valence-electron chi connectivity index (χ2n) is 4.80. The first-order chi connectivity index (χ1) is 8.73. The van der Waals surface area contributed by atoms with Crippen molar-refractivity contribution in [1.29, 1.82) is 0 Å². The number of aromatic amines is 1. The highest BCUT2D eigenvalue weighted by atomic mass is 32.2. The Hall–Kier alpha value is -0.960. The highest BCUT2D eigenvalue weighted by Crippen LogP contribution is 2.18. The van der Waals surface area contributed by atoms with E-state index < -0.39 is 22.2 Å². The van der Waals surface area contributed by atoms with E-state index in [1.807, 2.05) is 6.92 Å². The molecule has 0 aliphatic rings. The van der Waals surface area contributed by atoms with Gasteiger partial charge in [0, 0.05) is 13.2 Å². The van der Waals surface area contributed by atoms with Crippen molar-refractivity contribution in [1.82, 2.24) is 14.9 Å².